The number of hydrogen-bond donors (Lipinski definition) is 1. The fourth-order valence-corrected chi connectivity index (χ4v) is 7.51. The molecule has 9 aromatic rings. The number of nitrogens with one attached hydrogen (secondary N) is 1. The number of benzene rings is 7. The van der Waals surface area contributed by atoms with Crippen LogP contribution in [0.25, 0.3) is 66.3 Å². The number of hydrogen-bond acceptors (Lipinski definition) is 3. The third-order valence-corrected chi connectivity index (χ3v) is 9.83. The highest BCUT2D eigenvalue weighted by Gasteiger charge is 2.23. The maximum Gasteiger partial charge on any atom is 0.136 e. The fraction of sp³-hybridized carbons (Fsp3) is 0.0217. The zero-order valence-electron chi connectivity index (χ0n) is 27.1. The molecule has 0 aliphatic carbocycles. The lowest BCUT2D eigenvalue weighted by Crippen LogP contribution is -2.31. The molecule has 1 aliphatic rings. The molecule has 2 aromatic heterocycles. The summed E-state index contributed by atoms with van der Waals surface area (Å²) >= 11 is 0. The Morgan fingerprint density at radius 3 is 2.02 bits per heavy atom. The molecule has 0 saturated heterocycles. The second-order valence-electron chi connectivity index (χ2n) is 12.8. The SMILES string of the molecule is C1=C(c2ccccc2)N=C(c2cc(-c3ccc4c(c3)c3ccccc3n4-c3ccccc3)c3c(c2)oc2ccccc23)NC1c1ccccc1. The quantitative estimate of drug-likeness (QED) is 0.203. The van der Waals surface area contributed by atoms with Crippen LogP contribution in [0.5, 0.6) is 0 Å². The van der Waals surface area contributed by atoms with Crippen molar-refractivity contribution in [3.8, 4) is 16.8 Å². The van der Waals surface area contributed by atoms with E-state index in [9.17, 15) is 0 Å². The average Bonchev–Trinajstić information content (AvgIpc) is 3.74. The van der Waals surface area contributed by atoms with Crippen molar-refractivity contribution in [1.82, 2.24) is 9.88 Å². The molecule has 0 fully saturated rings. The van der Waals surface area contributed by atoms with E-state index in [2.05, 4.69) is 168 Å². The average molecular weight is 642 g/mol. The van der Waals surface area contributed by atoms with Crippen molar-refractivity contribution < 1.29 is 4.42 Å². The van der Waals surface area contributed by atoms with E-state index < -0.39 is 0 Å². The molecule has 236 valence electrons. The van der Waals surface area contributed by atoms with E-state index in [4.69, 9.17) is 9.41 Å². The Hall–Kier alpha value is -6.65. The molecule has 4 heteroatoms. The maximum atomic E-state index is 6.59. The van der Waals surface area contributed by atoms with Gasteiger partial charge in [0.1, 0.15) is 17.0 Å². The first kappa shape index (κ1) is 28.4. The highest BCUT2D eigenvalue weighted by Crippen LogP contribution is 2.41. The Kier molecular flexibility index (Phi) is 6.53. The van der Waals surface area contributed by atoms with Crippen molar-refractivity contribution in [2.75, 3.05) is 0 Å². The normalized spacial score (nSPS) is 14.6. The van der Waals surface area contributed by atoms with Gasteiger partial charge in [-0.15, -0.1) is 0 Å². The Balaban J connectivity index is 1.20. The second-order valence-corrected chi connectivity index (χ2v) is 12.8. The van der Waals surface area contributed by atoms with Gasteiger partial charge < -0.3 is 14.3 Å². The number of para-hydroxylation sites is 3. The lowest BCUT2D eigenvalue weighted by atomic mass is 9.94. The number of aromatic nitrogens is 1. The van der Waals surface area contributed by atoms with Gasteiger partial charge in [0.2, 0.25) is 0 Å². The van der Waals surface area contributed by atoms with Crippen molar-refractivity contribution in [2.24, 2.45) is 4.99 Å². The molecule has 1 atom stereocenters. The van der Waals surface area contributed by atoms with Crippen LogP contribution in [0.2, 0.25) is 0 Å². The summed E-state index contributed by atoms with van der Waals surface area (Å²) in [6.45, 7) is 0. The first-order chi connectivity index (χ1) is 24.8. The highest BCUT2D eigenvalue weighted by molar-refractivity contribution is 6.17. The molecular weight excluding hydrogens is 611 g/mol. The summed E-state index contributed by atoms with van der Waals surface area (Å²) in [4.78, 5) is 5.24. The molecule has 0 bridgehead atoms. The first-order valence-electron chi connectivity index (χ1n) is 17.0. The van der Waals surface area contributed by atoms with Crippen LogP contribution >= 0.6 is 0 Å². The van der Waals surface area contributed by atoms with E-state index in [1.807, 2.05) is 18.2 Å². The monoisotopic (exact) mass is 641 g/mol. The van der Waals surface area contributed by atoms with Crippen LogP contribution < -0.4 is 5.32 Å². The second kappa shape index (κ2) is 11.5. The van der Waals surface area contributed by atoms with Gasteiger partial charge in [-0.2, -0.15) is 0 Å². The maximum absolute atomic E-state index is 6.59. The van der Waals surface area contributed by atoms with Gasteiger partial charge in [0.05, 0.1) is 22.8 Å². The molecule has 7 aromatic carbocycles. The van der Waals surface area contributed by atoms with E-state index in [0.29, 0.717) is 0 Å². The van der Waals surface area contributed by atoms with Crippen LogP contribution in [-0.2, 0) is 0 Å². The van der Waals surface area contributed by atoms with Crippen molar-refractivity contribution >= 4 is 55.3 Å². The lowest BCUT2D eigenvalue weighted by molar-refractivity contribution is 0.668. The van der Waals surface area contributed by atoms with Gasteiger partial charge in [-0.3, -0.25) is 0 Å². The lowest BCUT2D eigenvalue weighted by Gasteiger charge is -2.25. The van der Waals surface area contributed by atoms with Gasteiger partial charge in [-0.25, -0.2) is 4.99 Å². The van der Waals surface area contributed by atoms with Gasteiger partial charge in [0.25, 0.3) is 0 Å². The molecule has 0 amide bonds. The van der Waals surface area contributed by atoms with Crippen LogP contribution in [0.15, 0.2) is 185 Å². The molecule has 0 spiro atoms. The third-order valence-electron chi connectivity index (χ3n) is 9.83. The minimum Gasteiger partial charge on any atom is -0.456 e. The predicted octanol–water partition coefficient (Wildman–Crippen LogP) is 11.5. The Morgan fingerprint density at radius 2 is 1.20 bits per heavy atom. The van der Waals surface area contributed by atoms with E-state index in [1.54, 1.807) is 0 Å². The summed E-state index contributed by atoms with van der Waals surface area (Å²) in [5, 5.41) is 8.40. The summed E-state index contributed by atoms with van der Waals surface area (Å²) in [6, 6.07) is 59.8. The summed E-state index contributed by atoms with van der Waals surface area (Å²) < 4.78 is 8.94. The Bertz CT molecular complexity index is 2770. The van der Waals surface area contributed by atoms with Gasteiger partial charge >= 0.3 is 0 Å². The zero-order chi connectivity index (χ0) is 33.0. The first-order valence-corrected chi connectivity index (χ1v) is 17.0. The van der Waals surface area contributed by atoms with Crippen LogP contribution in [0.3, 0.4) is 0 Å². The van der Waals surface area contributed by atoms with Crippen molar-refractivity contribution in [1.29, 1.82) is 0 Å². The topological polar surface area (TPSA) is 42.5 Å². The molecule has 0 saturated carbocycles. The zero-order valence-corrected chi connectivity index (χ0v) is 27.1. The summed E-state index contributed by atoms with van der Waals surface area (Å²) in [6.07, 6.45) is 2.21. The summed E-state index contributed by atoms with van der Waals surface area (Å²) in [5.74, 6) is 0.811. The molecule has 4 nitrogen and oxygen atoms in total. The van der Waals surface area contributed by atoms with Crippen molar-refractivity contribution in [3.05, 3.63) is 193 Å². The van der Waals surface area contributed by atoms with Crippen molar-refractivity contribution in [3.63, 3.8) is 0 Å². The number of amidine groups is 1. The molecule has 0 radical (unpaired) electrons. The molecular formula is C46H31N3O. The molecule has 1 unspecified atom stereocenters. The smallest absolute Gasteiger partial charge is 0.136 e. The van der Waals surface area contributed by atoms with Crippen LogP contribution in [-0.4, -0.2) is 10.4 Å². The fourth-order valence-electron chi connectivity index (χ4n) is 7.51. The molecule has 50 heavy (non-hydrogen) atoms. The van der Waals surface area contributed by atoms with Gasteiger partial charge in [-0.1, -0.05) is 121 Å². The van der Waals surface area contributed by atoms with Crippen LogP contribution in [0.4, 0.5) is 0 Å². The molecule has 3 heterocycles. The van der Waals surface area contributed by atoms with E-state index in [1.165, 1.54) is 27.4 Å². The summed E-state index contributed by atoms with van der Waals surface area (Å²) in [7, 11) is 0. The largest absolute Gasteiger partial charge is 0.456 e. The van der Waals surface area contributed by atoms with Crippen molar-refractivity contribution in [2.45, 2.75) is 6.04 Å². The number of nitrogens with zero attached hydrogens (tertiary/aromatic N) is 2. The van der Waals surface area contributed by atoms with Crippen LogP contribution in [0, 0.1) is 0 Å². The minimum atomic E-state index is -0.0470. The van der Waals surface area contributed by atoms with Gasteiger partial charge in [0.15, 0.2) is 0 Å². The number of fused-ring (bicyclic) bond motifs is 6. The Morgan fingerprint density at radius 1 is 0.520 bits per heavy atom. The molecule has 1 N–H and O–H groups in total. The number of rotatable bonds is 5. The highest BCUT2D eigenvalue weighted by atomic mass is 16.3. The summed E-state index contributed by atoms with van der Waals surface area (Å²) in [5.41, 5.74) is 11.6. The molecule has 1 aliphatic heterocycles. The molecule has 10 rings (SSSR count). The van der Waals surface area contributed by atoms with Gasteiger partial charge in [-0.05, 0) is 76.9 Å². The standard InChI is InChI=1S/C46H31N3O/c1-4-14-30(15-5-1)39-29-40(31-16-6-2-7-17-31)48-46(47-39)33-27-37(45-36-21-11-13-23-43(36)50-44(45)28-33)32-24-25-42-38(26-32)35-20-10-12-22-41(35)49(42)34-18-8-3-9-19-34/h1-29,39H,(H,47,48). The van der Waals surface area contributed by atoms with E-state index in [-0.39, 0.29) is 6.04 Å². The number of aliphatic imine (C=N–C) groups is 1. The van der Waals surface area contributed by atoms with E-state index in [0.717, 1.165) is 61.4 Å². The minimum absolute atomic E-state index is 0.0470. The van der Waals surface area contributed by atoms with Crippen LogP contribution in [0.1, 0.15) is 22.7 Å². The third kappa shape index (κ3) is 4.65. The predicted molar refractivity (Wildman–Crippen MR) is 207 cm³/mol. The number of furan rings is 1. The van der Waals surface area contributed by atoms with E-state index >= 15 is 0 Å². The Labute approximate surface area is 289 Å². The van der Waals surface area contributed by atoms with Gasteiger partial charge in [0, 0.05) is 32.8 Å².